The summed E-state index contributed by atoms with van der Waals surface area (Å²) in [5.41, 5.74) is 0. The zero-order chi connectivity index (χ0) is 15.2. The van der Waals surface area contributed by atoms with Crippen molar-refractivity contribution in [2.45, 2.75) is 19.4 Å². The number of carbonyl (C=O) groups is 4. The van der Waals surface area contributed by atoms with Crippen LogP contribution in [0.1, 0.15) is 13.3 Å². The summed E-state index contributed by atoms with van der Waals surface area (Å²) < 4.78 is -1.06. The highest BCUT2D eigenvalue weighted by molar-refractivity contribution is 5.77. The maximum absolute atomic E-state index is 11.1. The summed E-state index contributed by atoms with van der Waals surface area (Å²) in [6.45, 7) is -1.23. The summed E-state index contributed by atoms with van der Waals surface area (Å²) >= 11 is 0. The molecule has 0 heterocycles. The van der Waals surface area contributed by atoms with Crippen LogP contribution in [-0.4, -0.2) is 74.5 Å². The molecule has 1 unspecified atom stereocenters. The van der Waals surface area contributed by atoms with Gasteiger partial charge in [0.2, 0.25) is 0 Å². The van der Waals surface area contributed by atoms with Gasteiger partial charge in [-0.1, -0.05) is 6.92 Å². The zero-order valence-corrected chi connectivity index (χ0v) is 10.3. The quantitative estimate of drug-likeness (QED) is 0.389. The van der Waals surface area contributed by atoms with Crippen LogP contribution >= 0.6 is 0 Å². The van der Waals surface area contributed by atoms with E-state index in [-0.39, 0.29) is 6.42 Å². The Labute approximate surface area is 108 Å². The molecule has 0 amide bonds. The molecule has 0 aromatic rings. The Kier molecular flexibility index (Phi) is 5.93. The monoisotopic (exact) mass is 278 g/mol. The number of hydrogen-bond donors (Lipinski definition) is 4. The van der Waals surface area contributed by atoms with Crippen molar-refractivity contribution >= 4 is 23.9 Å². The Morgan fingerprint density at radius 3 is 1.32 bits per heavy atom. The third kappa shape index (κ3) is 4.92. The topological polar surface area (TPSA) is 149 Å². The normalized spacial score (nSPS) is 12.7. The number of hydrogen-bond acceptors (Lipinski definition) is 4. The van der Waals surface area contributed by atoms with E-state index in [0.717, 1.165) is 0 Å². The molecule has 4 N–H and O–H groups in total. The Bertz CT molecular complexity index is 350. The van der Waals surface area contributed by atoms with Crippen LogP contribution in [-0.2, 0) is 19.2 Å². The van der Waals surface area contributed by atoms with Crippen LogP contribution < -0.4 is 0 Å². The maximum atomic E-state index is 11.1. The van der Waals surface area contributed by atoms with E-state index in [1.807, 2.05) is 0 Å². The molecule has 9 nitrogen and oxygen atoms in total. The zero-order valence-electron chi connectivity index (χ0n) is 10.3. The Morgan fingerprint density at radius 2 is 1.16 bits per heavy atom. The van der Waals surface area contributed by atoms with Crippen LogP contribution in [0.2, 0.25) is 0 Å². The van der Waals surface area contributed by atoms with Gasteiger partial charge in [0, 0.05) is 6.42 Å². The van der Waals surface area contributed by atoms with E-state index in [9.17, 15) is 19.2 Å². The van der Waals surface area contributed by atoms with Gasteiger partial charge in [0.25, 0.3) is 0 Å². The first-order chi connectivity index (χ1) is 8.64. The van der Waals surface area contributed by atoms with Crippen molar-refractivity contribution in [3.63, 3.8) is 0 Å². The third-order valence-corrected chi connectivity index (χ3v) is 2.68. The van der Waals surface area contributed by atoms with E-state index in [2.05, 4.69) is 0 Å². The number of quaternary nitrogens is 1. The van der Waals surface area contributed by atoms with E-state index >= 15 is 0 Å². The molecular weight excluding hydrogens is 262 g/mol. The minimum absolute atomic E-state index is 0.0802. The van der Waals surface area contributed by atoms with Crippen molar-refractivity contribution in [3.8, 4) is 0 Å². The van der Waals surface area contributed by atoms with Crippen LogP contribution in [0.5, 0.6) is 0 Å². The first-order valence-electron chi connectivity index (χ1n) is 5.38. The van der Waals surface area contributed by atoms with Gasteiger partial charge in [0.05, 0.1) is 0 Å². The molecule has 0 aromatic carbocycles. The average Bonchev–Trinajstić information content (AvgIpc) is 2.12. The standard InChI is InChI=1S/C10H15NO8/c1-2-6(10(18)19)11(3-7(12)13,4-8(14)15)5-9(16)17/h6H,2-5H2,1H3,(H3-,12,13,14,15,16,17,18,19)/p+1. The number of carboxylic acid groups (broad SMARTS) is 4. The molecule has 0 aromatic heterocycles. The first kappa shape index (κ1) is 16.8. The second-order valence-electron chi connectivity index (χ2n) is 4.14. The van der Waals surface area contributed by atoms with Crippen LogP contribution in [0.15, 0.2) is 0 Å². The van der Waals surface area contributed by atoms with Gasteiger partial charge < -0.3 is 20.4 Å². The van der Waals surface area contributed by atoms with Crippen molar-refractivity contribution in [1.29, 1.82) is 0 Å². The second-order valence-corrected chi connectivity index (χ2v) is 4.14. The first-order valence-corrected chi connectivity index (χ1v) is 5.38. The Hall–Kier alpha value is -2.16. The maximum Gasteiger partial charge on any atom is 0.362 e. The molecule has 1 atom stereocenters. The summed E-state index contributed by atoms with van der Waals surface area (Å²) in [7, 11) is 0. The van der Waals surface area contributed by atoms with Gasteiger partial charge in [0.15, 0.2) is 25.7 Å². The third-order valence-electron chi connectivity index (χ3n) is 2.68. The molecule has 0 aliphatic carbocycles. The summed E-state index contributed by atoms with van der Waals surface area (Å²) in [5.74, 6) is -5.79. The molecule has 0 saturated carbocycles. The molecule has 108 valence electrons. The fraction of sp³-hybridized carbons (Fsp3) is 0.600. The lowest BCUT2D eigenvalue weighted by atomic mass is 10.1. The SMILES string of the molecule is CCC(C(=O)O)[N+](CC(=O)O)(CC(=O)O)CC(=O)O. The van der Waals surface area contributed by atoms with Gasteiger partial charge in [-0.25, -0.2) is 19.2 Å². The smallest absolute Gasteiger partial charge is 0.362 e. The van der Waals surface area contributed by atoms with Crippen LogP contribution in [0, 0.1) is 0 Å². The van der Waals surface area contributed by atoms with Crippen molar-refractivity contribution in [2.75, 3.05) is 19.6 Å². The van der Waals surface area contributed by atoms with E-state index in [0.29, 0.717) is 0 Å². The lowest BCUT2D eigenvalue weighted by molar-refractivity contribution is -0.923. The summed E-state index contributed by atoms with van der Waals surface area (Å²) in [6.07, 6.45) is -0.0802. The number of rotatable bonds is 9. The van der Waals surface area contributed by atoms with Crippen molar-refractivity contribution in [2.24, 2.45) is 0 Å². The average molecular weight is 278 g/mol. The molecule has 0 aliphatic rings. The van der Waals surface area contributed by atoms with E-state index in [1.165, 1.54) is 6.92 Å². The molecule has 9 heteroatoms. The molecule has 0 radical (unpaired) electrons. The molecule has 0 fully saturated rings. The fourth-order valence-corrected chi connectivity index (χ4v) is 2.10. The lowest BCUT2D eigenvalue weighted by Crippen LogP contribution is -2.64. The van der Waals surface area contributed by atoms with Crippen molar-refractivity contribution in [3.05, 3.63) is 0 Å². The largest absolute Gasteiger partial charge is 0.477 e. The highest BCUT2D eigenvalue weighted by Gasteiger charge is 2.46. The van der Waals surface area contributed by atoms with Gasteiger partial charge in [-0.2, -0.15) is 0 Å². The summed E-state index contributed by atoms with van der Waals surface area (Å²) in [5, 5.41) is 35.5. The van der Waals surface area contributed by atoms with Crippen molar-refractivity contribution in [1.82, 2.24) is 0 Å². The highest BCUT2D eigenvalue weighted by atomic mass is 16.4. The molecule has 0 saturated heterocycles. The van der Waals surface area contributed by atoms with Gasteiger partial charge in [-0.15, -0.1) is 0 Å². The fourth-order valence-electron chi connectivity index (χ4n) is 2.10. The minimum Gasteiger partial charge on any atom is -0.477 e. The van der Waals surface area contributed by atoms with E-state index in [4.69, 9.17) is 20.4 Å². The van der Waals surface area contributed by atoms with Crippen LogP contribution in [0.4, 0.5) is 0 Å². The molecule has 0 bridgehead atoms. The van der Waals surface area contributed by atoms with Gasteiger partial charge in [-0.05, 0) is 0 Å². The summed E-state index contributed by atoms with van der Waals surface area (Å²) in [4.78, 5) is 43.6. The van der Waals surface area contributed by atoms with E-state index < -0.39 is 54.0 Å². The lowest BCUT2D eigenvalue weighted by Gasteiger charge is -2.38. The molecule has 0 spiro atoms. The molecular formula is C10H16NO8+. The molecule has 0 rings (SSSR count). The van der Waals surface area contributed by atoms with Crippen molar-refractivity contribution < 1.29 is 44.1 Å². The van der Waals surface area contributed by atoms with Gasteiger partial charge >= 0.3 is 23.9 Å². The number of aliphatic carboxylic acids is 4. The predicted molar refractivity (Wildman–Crippen MR) is 59.5 cm³/mol. The number of carboxylic acids is 4. The Balaban J connectivity index is 5.68. The van der Waals surface area contributed by atoms with Crippen LogP contribution in [0.3, 0.4) is 0 Å². The van der Waals surface area contributed by atoms with Gasteiger partial charge in [0.1, 0.15) is 0 Å². The molecule has 0 aliphatic heterocycles. The summed E-state index contributed by atoms with van der Waals surface area (Å²) in [6, 6.07) is -1.41. The number of nitrogens with zero attached hydrogens (tertiary/aromatic N) is 1. The predicted octanol–water partition coefficient (Wildman–Crippen LogP) is -1.08. The minimum atomic E-state index is -1.46. The van der Waals surface area contributed by atoms with E-state index in [1.54, 1.807) is 0 Å². The highest BCUT2D eigenvalue weighted by Crippen LogP contribution is 2.17. The van der Waals surface area contributed by atoms with Crippen LogP contribution in [0.25, 0.3) is 0 Å². The van der Waals surface area contributed by atoms with Gasteiger partial charge in [-0.3, -0.25) is 4.48 Å². The second kappa shape index (κ2) is 6.69. The molecule has 19 heavy (non-hydrogen) atoms. The Morgan fingerprint density at radius 1 is 0.842 bits per heavy atom.